The zero-order chi connectivity index (χ0) is 36.6. The second kappa shape index (κ2) is 19.8. The van der Waals surface area contributed by atoms with Crippen LogP contribution in [-0.4, -0.2) is 59.3 Å². The highest BCUT2D eigenvalue weighted by molar-refractivity contribution is 5.96. The van der Waals surface area contributed by atoms with Gasteiger partial charge in [-0.05, 0) is 79.4 Å². The molecule has 0 heterocycles. The first-order valence-electron chi connectivity index (χ1n) is 17.8. The van der Waals surface area contributed by atoms with Crippen LogP contribution in [-0.2, 0) is 4.74 Å². The summed E-state index contributed by atoms with van der Waals surface area (Å²) < 4.78 is 17.0. The number of nitrogens with zero attached hydrogens (tertiary/aromatic N) is 2. The normalized spacial score (nSPS) is 11.2. The van der Waals surface area contributed by atoms with Crippen molar-refractivity contribution in [3.8, 4) is 11.5 Å². The van der Waals surface area contributed by atoms with Gasteiger partial charge in [0.05, 0.1) is 26.3 Å². The van der Waals surface area contributed by atoms with Crippen LogP contribution in [0.3, 0.4) is 0 Å². The number of hydrogen-bond acceptors (Lipinski definition) is 7. The Morgan fingerprint density at radius 2 is 1.10 bits per heavy atom. The van der Waals surface area contributed by atoms with Crippen molar-refractivity contribution in [1.29, 1.82) is 0 Å². The van der Waals surface area contributed by atoms with Crippen molar-refractivity contribution >= 4 is 47.4 Å². The third kappa shape index (κ3) is 11.4. The Labute approximate surface area is 304 Å². The molecule has 0 aliphatic heterocycles. The Hall–Kier alpha value is -5.30. The van der Waals surface area contributed by atoms with Crippen LogP contribution in [0.1, 0.15) is 89.4 Å². The fourth-order valence-corrected chi connectivity index (χ4v) is 5.61. The molecule has 0 saturated heterocycles. The average Bonchev–Trinajstić information content (AvgIpc) is 3.16. The van der Waals surface area contributed by atoms with Gasteiger partial charge in [0.15, 0.2) is 5.78 Å². The van der Waals surface area contributed by atoms with Crippen molar-refractivity contribution < 1.29 is 23.8 Å². The Kier molecular flexibility index (Phi) is 14.9. The summed E-state index contributed by atoms with van der Waals surface area (Å²) in [7, 11) is 5.32. The molecule has 4 rings (SSSR count). The molecule has 0 saturated carbocycles. The zero-order valence-electron chi connectivity index (χ0n) is 31.0. The molecule has 0 N–H and O–H groups in total. The Morgan fingerprint density at radius 3 is 1.55 bits per heavy atom. The lowest BCUT2D eigenvalue weighted by Crippen LogP contribution is -2.25. The number of carbonyl (C=O) groups is 2. The molecule has 0 spiro atoms. The van der Waals surface area contributed by atoms with Crippen molar-refractivity contribution in [2.24, 2.45) is 0 Å². The highest BCUT2D eigenvalue weighted by atomic mass is 16.5. The summed E-state index contributed by atoms with van der Waals surface area (Å²) in [6.45, 7) is 8.93. The van der Waals surface area contributed by atoms with Crippen LogP contribution in [0.25, 0.3) is 24.3 Å². The van der Waals surface area contributed by atoms with E-state index < -0.39 is 5.97 Å². The summed E-state index contributed by atoms with van der Waals surface area (Å²) in [6.07, 6.45) is 13.0. The molecule has 4 aromatic carbocycles. The molecule has 0 atom stereocenters. The third-order valence-corrected chi connectivity index (χ3v) is 8.83. The quantitative estimate of drug-likeness (QED) is 0.0552. The number of ether oxygens (including phenoxy) is 3. The lowest BCUT2D eigenvalue weighted by molar-refractivity contribution is 0.0515. The maximum absolute atomic E-state index is 12.4. The number of esters is 1. The maximum atomic E-state index is 12.4. The van der Waals surface area contributed by atoms with Crippen molar-refractivity contribution in [3.63, 3.8) is 0 Å². The second-order valence-corrected chi connectivity index (χ2v) is 12.6. The summed E-state index contributed by atoms with van der Waals surface area (Å²) in [5, 5.41) is 0. The smallest absolute Gasteiger partial charge is 0.338 e. The summed E-state index contributed by atoms with van der Waals surface area (Å²) in [5.41, 5.74) is 7.28. The molecular weight excluding hydrogens is 636 g/mol. The molecule has 0 aromatic heterocycles. The topological polar surface area (TPSA) is 68.3 Å². The molecule has 7 nitrogen and oxygen atoms in total. The van der Waals surface area contributed by atoms with Gasteiger partial charge in [0, 0.05) is 48.2 Å². The van der Waals surface area contributed by atoms with E-state index in [4.69, 9.17) is 14.2 Å². The van der Waals surface area contributed by atoms with E-state index in [2.05, 4.69) is 55.2 Å². The first-order valence-corrected chi connectivity index (χ1v) is 17.8. The van der Waals surface area contributed by atoms with Gasteiger partial charge in [-0.3, -0.25) is 4.79 Å². The number of rotatable bonds is 19. The van der Waals surface area contributed by atoms with Crippen molar-refractivity contribution in [2.75, 3.05) is 57.3 Å². The van der Waals surface area contributed by atoms with Gasteiger partial charge >= 0.3 is 5.97 Å². The molecule has 0 bridgehead atoms. The van der Waals surface area contributed by atoms with E-state index in [1.165, 1.54) is 38.3 Å². The van der Waals surface area contributed by atoms with E-state index in [1.54, 1.807) is 38.5 Å². The first-order chi connectivity index (χ1) is 24.8. The van der Waals surface area contributed by atoms with Crippen LogP contribution in [0.2, 0.25) is 0 Å². The molecule has 0 aliphatic rings. The summed E-state index contributed by atoms with van der Waals surface area (Å²) in [5.74, 6) is 1.07. The van der Waals surface area contributed by atoms with Crippen LogP contribution in [0, 0.1) is 0 Å². The van der Waals surface area contributed by atoms with Crippen molar-refractivity contribution in [2.45, 2.75) is 46.5 Å². The molecule has 7 heteroatoms. The molecule has 4 aromatic rings. The second-order valence-electron chi connectivity index (χ2n) is 12.6. The summed E-state index contributed by atoms with van der Waals surface area (Å²) >= 11 is 0. The lowest BCUT2D eigenvalue weighted by Gasteiger charge is -2.24. The minimum atomic E-state index is -0.410. The standard InChI is InChI=1S/C44H52N2O5/c1-7-9-27-46(28-10-8-2)41-25-15-35(16-26-41)12-18-39-32-42(49-5)38(31-43(39)50-6)17-11-34-13-23-40(24-14-34)45(4)29-30-51-44(48)37-21-19-36(20-22-37)33(3)47/h11-26,31-32H,7-10,27-30H2,1-6H3. The zero-order valence-corrected chi connectivity index (χ0v) is 31.0. The van der Waals surface area contributed by atoms with Crippen molar-refractivity contribution in [3.05, 3.63) is 118 Å². The van der Waals surface area contributed by atoms with Crippen LogP contribution in [0.5, 0.6) is 11.5 Å². The van der Waals surface area contributed by atoms with E-state index in [0.29, 0.717) is 17.7 Å². The summed E-state index contributed by atoms with van der Waals surface area (Å²) in [4.78, 5) is 28.4. The van der Waals surface area contributed by atoms with E-state index >= 15 is 0 Å². The monoisotopic (exact) mass is 688 g/mol. The average molecular weight is 689 g/mol. The number of anilines is 2. The van der Waals surface area contributed by atoms with E-state index in [1.807, 2.05) is 60.5 Å². The molecular formula is C44H52N2O5. The molecule has 0 unspecified atom stereocenters. The van der Waals surface area contributed by atoms with Gasteiger partial charge in [0.25, 0.3) is 0 Å². The summed E-state index contributed by atoms with van der Waals surface area (Å²) in [6, 6.07) is 27.5. The van der Waals surface area contributed by atoms with Crippen molar-refractivity contribution in [1.82, 2.24) is 0 Å². The number of likely N-dealkylation sites (N-methyl/N-ethyl adjacent to an activating group) is 1. The maximum Gasteiger partial charge on any atom is 0.338 e. The van der Waals surface area contributed by atoms with Gasteiger partial charge in [-0.15, -0.1) is 0 Å². The van der Waals surface area contributed by atoms with Crippen LogP contribution in [0.15, 0.2) is 84.9 Å². The number of benzene rings is 4. The Bertz CT molecular complexity index is 1750. The molecule has 0 radical (unpaired) electrons. The van der Waals surface area contributed by atoms with Crippen LogP contribution < -0.4 is 19.3 Å². The SMILES string of the molecule is CCCCN(CCCC)c1ccc(C=Cc2cc(OC)c(C=Cc3ccc(N(C)CCOC(=O)c4ccc(C(C)=O)cc4)cc3)cc2OC)cc1. The molecule has 268 valence electrons. The van der Waals surface area contributed by atoms with Gasteiger partial charge in [0.2, 0.25) is 0 Å². The first kappa shape index (κ1) is 38.5. The van der Waals surface area contributed by atoms with Gasteiger partial charge in [0.1, 0.15) is 18.1 Å². The van der Waals surface area contributed by atoms with Gasteiger partial charge in [-0.25, -0.2) is 4.79 Å². The minimum Gasteiger partial charge on any atom is -0.496 e. The van der Waals surface area contributed by atoms with E-state index in [-0.39, 0.29) is 12.4 Å². The third-order valence-electron chi connectivity index (χ3n) is 8.83. The fraction of sp³-hybridized carbons (Fsp3) is 0.318. The number of methoxy groups -OCH3 is 2. The van der Waals surface area contributed by atoms with E-state index in [0.717, 1.165) is 52.5 Å². The Balaban J connectivity index is 1.36. The minimum absolute atomic E-state index is 0.0416. The van der Waals surface area contributed by atoms with Crippen LogP contribution in [0.4, 0.5) is 11.4 Å². The molecule has 0 amide bonds. The number of unbranched alkanes of at least 4 members (excludes halogenated alkanes) is 2. The number of hydrogen-bond donors (Lipinski definition) is 0. The molecule has 0 aliphatic carbocycles. The predicted molar refractivity (Wildman–Crippen MR) is 212 cm³/mol. The lowest BCUT2D eigenvalue weighted by atomic mass is 10.0. The fourth-order valence-electron chi connectivity index (χ4n) is 5.61. The van der Waals surface area contributed by atoms with Gasteiger partial charge in [-0.1, -0.05) is 87.4 Å². The highest BCUT2D eigenvalue weighted by Gasteiger charge is 2.11. The number of Topliss-reactive ketones (excluding diaryl/α,β-unsaturated/α-hetero) is 1. The number of ketones is 1. The van der Waals surface area contributed by atoms with E-state index in [9.17, 15) is 9.59 Å². The van der Waals surface area contributed by atoms with Gasteiger partial charge < -0.3 is 24.0 Å². The number of carbonyl (C=O) groups excluding carboxylic acids is 2. The Morgan fingerprint density at radius 1 is 0.627 bits per heavy atom. The molecule has 0 fully saturated rings. The predicted octanol–water partition coefficient (Wildman–Crippen LogP) is 9.95. The largest absolute Gasteiger partial charge is 0.496 e. The van der Waals surface area contributed by atoms with Crippen LogP contribution >= 0.6 is 0 Å². The van der Waals surface area contributed by atoms with Gasteiger partial charge in [-0.2, -0.15) is 0 Å². The highest BCUT2D eigenvalue weighted by Crippen LogP contribution is 2.32. The molecule has 51 heavy (non-hydrogen) atoms.